The molecule has 0 bridgehead atoms. The van der Waals surface area contributed by atoms with Crippen molar-refractivity contribution in [3.8, 4) is 0 Å². The highest BCUT2D eigenvalue weighted by Gasteiger charge is 2.15. The van der Waals surface area contributed by atoms with Crippen molar-refractivity contribution in [3.05, 3.63) is 33.5 Å². The molecule has 1 aliphatic rings. The Morgan fingerprint density at radius 1 is 1.36 bits per heavy atom. The van der Waals surface area contributed by atoms with Crippen LogP contribution in [0.2, 0.25) is 0 Å². The van der Waals surface area contributed by atoms with Gasteiger partial charge >= 0.3 is 0 Å². The van der Waals surface area contributed by atoms with Crippen LogP contribution >= 0.6 is 11.3 Å². The molecular weight excluding hydrogens is 296 g/mol. The van der Waals surface area contributed by atoms with Crippen LogP contribution in [0.5, 0.6) is 0 Å². The molecule has 3 heterocycles. The van der Waals surface area contributed by atoms with E-state index in [0.717, 1.165) is 47.9 Å². The summed E-state index contributed by atoms with van der Waals surface area (Å²) in [6, 6.07) is 2.03. The molecule has 0 unspecified atom stereocenters. The Balaban J connectivity index is 1.57. The monoisotopic (exact) mass is 318 g/mol. The highest BCUT2D eigenvalue weighted by Crippen LogP contribution is 2.17. The molecular formula is C16H22N4OS. The normalized spacial score (nSPS) is 14.4. The number of thiophene rings is 1. The molecule has 1 N–H and O–H groups in total. The summed E-state index contributed by atoms with van der Waals surface area (Å²) in [5.74, 6) is 2.13. The Morgan fingerprint density at radius 2 is 2.27 bits per heavy atom. The minimum absolute atomic E-state index is 0.0301. The molecule has 3 rings (SSSR count). The predicted octanol–water partition coefficient (Wildman–Crippen LogP) is 2.60. The first-order valence-corrected chi connectivity index (χ1v) is 8.93. The molecule has 2 aromatic rings. The standard InChI is InChI=1S/C16H22N4OS/c1-2-12-8-11-22-15(12)16(21)17-9-7-14-19-18-13-6-4-3-5-10-20(13)14/h8,11H,2-7,9-10H2,1H3,(H,17,21). The lowest BCUT2D eigenvalue weighted by atomic mass is 10.2. The van der Waals surface area contributed by atoms with E-state index in [1.54, 1.807) is 0 Å². The maximum atomic E-state index is 12.2. The average molecular weight is 318 g/mol. The quantitative estimate of drug-likeness (QED) is 0.922. The Kier molecular flexibility index (Phi) is 4.87. The van der Waals surface area contributed by atoms with Gasteiger partial charge in [0.25, 0.3) is 5.91 Å². The molecule has 0 saturated heterocycles. The molecule has 1 amide bonds. The number of carbonyl (C=O) groups is 1. The van der Waals surface area contributed by atoms with Crippen LogP contribution in [0, 0.1) is 0 Å². The Morgan fingerprint density at radius 3 is 3.14 bits per heavy atom. The van der Waals surface area contributed by atoms with E-state index in [2.05, 4.69) is 27.0 Å². The van der Waals surface area contributed by atoms with Crippen molar-refractivity contribution >= 4 is 17.2 Å². The second-order valence-corrected chi connectivity index (χ2v) is 6.55. The summed E-state index contributed by atoms with van der Waals surface area (Å²) >= 11 is 1.51. The SMILES string of the molecule is CCc1ccsc1C(=O)NCCc1nnc2n1CCCCC2. The van der Waals surface area contributed by atoms with Gasteiger partial charge in [0.05, 0.1) is 4.88 Å². The number of carbonyl (C=O) groups excluding carboxylic acids is 1. The van der Waals surface area contributed by atoms with E-state index in [-0.39, 0.29) is 5.91 Å². The van der Waals surface area contributed by atoms with Crippen LogP contribution in [0.3, 0.4) is 0 Å². The van der Waals surface area contributed by atoms with E-state index in [0.29, 0.717) is 6.54 Å². The van der Waals surface area contributed by atoms with Crippen molar-refractivity contribution < 1.29 is 4.79 Å². The first kappa shape index (κ1) is 15.2. The Bertz CT molecular complexity index is 646. The molecule has 0 fully saturated rings. The van der Waals surface area contributed by atoms with Crippen molar-refractivity contribution in [3.63, 3.8) is 0 Å². The fraction of sp³-hybridized carbons (Fsp3) is 0.562. The number of fused-ring (bicyclic) bond motifs is 1. The third-order valence-electron chi connectivity index (χ3n) is 4.15. The number of nitrogens with zero attached hydrogens (tertiary/aromatic N) is 3. The zero-order valence-electron chi connectivity index (χ0n) is 13.0. The highest BCUT2D eigenvalue weighted by atomic mass is 32.1. The van der Waals surface area contributed by atoms with Crippen LogP contribution in [0.1, 0.15) is 53.1 Å². The van der Waals surface area contributed by atoms with Gasteiger partial charge in [-0.15, -0.1) is 21.5 Å². The van der Waals surface area contributed by atoms with E-state index < -0.39 is 0 Å². The molecule has 118 valence electrons. The molecule has 0 atom stereocenters. The van der Waals surface area contributed by atoms with Crippen LogP contribution in [0.4, 0.5) is 0 Å². The molecule has 0 spiro atoms. The maximum absolute atomic E-state index is 12.2. The van der Waals surface area contributed by atoms with Crippen molar-refractivity contribution in [2.24, 2.45) is 0 Å². The second kappa shape index (κ2) is 7.05. The minimum atomic E-state index is 0.0301. The summed E-state index contributed by atoms with van der Waals surface area (Å²) in [4.78, 5) is 13.0. The number of rotatable bonds is 5. The molecule has 0 aromatic carbocycles. The van der Waals surface area contributed by atoms with Gasteiger partial charge in [0.2, 0.25) is 0 Å². The van der Waals surface area contributed by atoms with Crippen LogP contribution < -0.4 is 5.32 Å². The molecule has 5 nitrogen and oxygen atoms in total. The lowest BCUT2D eigenvalue weighted by molar-refractivity contribution is 0.0957. The van der Waals surface area contributed by atoms with Gasteiger partial charge in [0, 0.05) is 25.9 Å². The third-order valence-corrected chi connectivity index (χ3v) is 5.11. The van der Waals surface area contributed by atoms with E-state index in [1.807, 2.05) is 11.4 Å². The summed E-state index contributed by atoms with van der Waals surface area (Å²) < 4.78 is 2.24. The summed E-state index contributed by atoms with van der Waals surface area (Å²) in [7, 11) is 0. The van der Waals surface area contributed by atoms with E-state index in [1.165, 1.54) is 30.6 Å². The van der Waals surface area contributed by atoms with Crippen LogP contribution in [-0.4, -0.2) is 27.2 Å². The summed E-state index contributed by atoms with van der Waals surface area (Å²) in [6.45, 7) is 3.69. The lowest BCUT2D eigenvalue weighted by Gasteiger charge is -2.08. The van der Waals surface area contributed by atoms with Gasteiger partial charge in [0.15, 0.2) is 0 Å². The van der Waals surface area contributed by atoms with Gasteiger partial charge in [-0.2, -0.15) is 0 Å². The van der Waals surface area contributed by atoms with Crippen molar-refractivity contribution in [2.45, 2.75) is 52.0 Å². The van der Waals surface area contributed by atoms with Gasteiger partial charge in [-0.25, -0.2) is 0 Å². The second-order valence-electron chi connectivity index (χ2n) is 5.63. The van der Waals surface area contributed by atoms with Crippen LogP contribution in [0.25, 0.3) is 0 Å². The molecule has 1 aliphatic heterocycles. The first-order chi connectivity index (χ1) is 10.8. The molecule has 0 saturated carbocycles. The zero-order chi connectivity index (χ0) is 15.4. The van der Waals surface area contributed by atoms with E-state index in [4.69, 9.17) is 0 Å². The summed E-state index contributed by atoms with van der Waals surface area (Å²) in [5, 5.41) is 13.6. The van der Waals surface area contributed by atoms with Crippen molar-refractivity contribution in [1.82, 2.24) is 20.1 Å². The smallest absolute Gasteiger partial charge is 0.261 e. The molecule has 6 heteroatoms. The lowest BCUT2D eigenvalue weighted by Crippen LogP contribution is -2.26. The van der Waals surface area contributed by atoms with Gasteiger partial charge in [-0.1, -0.05) is 13.3 Å². The van der Waals surface area contributed by atoms with Gasteiger partial charge in [0.1, 0.15) is 11.6 Å². The molecule has 2 aromatic heterocycles. The number of amides is 1. The van der Waals surface area contributed by atoms with Crippen molar-refractivity contribution in [2.75, 3.05) is 6.54 Å². The van der Waals surface area contributed by atoms with Crippen LogP contribution in [0.15, 0.2) is 11.4 Å². The van der Waals surface area contributed by atoms with Gasteiger partial charge in [-0.05, 0) is 36.3 Å². The fourth-order valence-electron chi connectivity index (χ4n) is 2.91. The number of nitrogens with one attached hydrogen (secondary N) is 1. The van der Waals surface area contributed by atoms with Gasteiger partial charge in [-0.3, -0.25) is 4.79 Å². The molecule has 0 aliphatic carbocycles. The summed E-state index contributed by atoms with van der Waals surface area (Å²) in [6.07, 6.45) is 6.31. The highest BCUT2D eigenvalue weighted by molar-refractivity contribution is 7.12. The van der Waals surface area contributed by atoms with Crippen molar-refractivity contribution in [1.29, 1.82) is 0 Å². The molecule has 0 radical (unpaired) electrons. The number of aryl methyl sites for hydroxylation is 2. The predicted molar refractivity (Wildman–Crippen MR) is 87.3 cm³/mol. The van der Waals surface area contributed by atoms with E-state index in [9.17, 15) is 4.79 Å². The maximum Gasteiger partial charge on any atom is 0.261 e. The summed E-state index contributed by atoms with van der Waals surface area (Å²) in [5.41, 5.74) is 1.12. The number of hydrogen-bond donors (Lipinski definition) is 1. The Labute approximate surface area is 134 Å². The van der Waals surface area contributed by atoms with Crippen LogP contribution in [-0.2, 0) is 25.8 Å². The average Bonchev–Trinajstić information content (AvgIpc) is 3.08. The Hall–Kier alpha value is -1.69. The topological polar surface area (TPSA) is 59.8 Å². The first-order valence-electron chi connectivity index (χ1n) is 8.05. The fourth-order valence-corrected chi connectivity index (χ4v) is 3.82. The number of hydrogen-bond acceptors (Lipinski definition) is 4. The molecule has 22 heavy (non-hydrogen) atoms. The zero-order valence-corrected chi connectivity index (χ0v) is 13.8. The van der Waals surface area contributed by atoms with E-state index >= 15 is 0 Å². The minimum Gasteiger partial charge on any atom is -0.351 e. The van der Waals surface area contributed by atoms with Gasteiger partial charge < -0.3 is 9.88 Å². The largest absolute Gasteiger partial charge is 0.351 e. The third kappa shape index (κ3) is 3.21. The number of aromatic nitrogens is 3.